The van der Waals surface area contributed by atoms with E-state index in [1.807, 2.05) is 27.7 Å². The Morgan fingerprint density at radius 3 is 0.919 bits per heavy atom. The van der Waals surface area contributed by atoms with E-state index >= 15 is 0 Å². The van der Waals surface area contributed by atoms with Crippen molar-refractivity contribution in [3.05, 3.63) is 0 Å². The quantitative estimate of drug-likeness (QED) is 0.145. The van der Waals surface area contributed by atoms with E-state index in [0.29, 0.717) is 39.6 Å². The van der Waals surface area contributed by atoms with Gasteiger partial charge in [0.05, 0.1) is 101 Å². The summed E-state index contributed by atoms with van der Waals surface area (Å²) in [5, 5.41) is 20.3. The second-order valence-corrected chi connectivity index (χ2v) is 8.47. The Kier molecular flexibility index (Phi) is 29.5. The van der Waals surface area contributed by atoms with Crippen LogP contribution >= 0.6 is 0 Å². The average molecular weight is 592 g/mol. The van der Waals surface area contributed by atoms with Gasteiger partial charge in [0, 0.05) is 14.2 Å². The first-order chi connectivity index (χ1) is 16.9. The molecule has 0 saturated heterocycles. The minimum atomic E-state index is -1.23. The van der Waals surface area contributed by atoms with Gasteiger partial charge in [-0.3, -0.25) is 0 Å². The van der Waals surface area contributed by atoms with E-state index in [2.05, 4.69) is 0 Å². The molecule has 12 nitrogen and oxygen atoms in total. The van der Waals surface area contributed by atoms with E-state index in [-0.39, 0.29) is 56.1 Å². The maximum Gasteiger partial charge on any atom is 2.00 e. The van der Waals surface area contributed by atoms with Gasteiger partial charge in [-0.1, -0.05) is 0 Å². The van der Waals surface area contributed by atoms with E-state index in [1.54, 1.807) is 28.1 Å². The van der Waals surface area contributed by atoms with E-state index in [4.69, 9.17) is 37.9 Å². The van der Waals surface area contributed by atoms with Crippen LogP contribution in [-0.2, 0) is 67.0 Å². The van der Waals surface area contributed by atoms with Crippen molar-refractivity contribution in [1.29, 1.82) is 0 Å². The molecule has 216 valence electrons. The first kappa shape index (κ1) is 40.7. The number of ether oxygens (including phenoxy) is 8. The van der Waals surface area contributed by atoms with Crippen molar-refractivity contribution < 1.29 is 77.2 Å². The van der Waals surface area contributed by atoms with Crippen molar-refractivity contribution in [3.63, 3.8) is 0 Å². The zero-order valence-corrected chi connectivity index (χ0v) is 26.7. The molecule has 0 N–H and O–H groups in total. The number of carbonyl (C=O) groups is 2. The van der Waals surface area contributed by atoms with Crippen LogP contribution in [-0.4, -0.2) is 116 Å². The molecular formula is C24H46O12Zn. The summed E-state index contributed by atoms with van der Waals surface area (Å²) in [6.07, 6.45) is -0.708. The van der Waals surface area contributed by atoms with Crippen LogP contribution < -0.4 is 10.2 Å². The number of rotatable bonds is 22. The largest absolute Gasteiger partial charge is 2.00 e. The molecule has 0 fully saturated rings. The van der Waals surface area contributed by atoms with E-state index < -0.39 is 25.2 Å². The number of carboxylic acid groups (broad SMARTS) is 2. The molecule has 6 atom stereocenters. The third kappa shape index (κ3) is 31.4. The number of carbonyl (C=O) groups excluding carboxylic acids is 2. The maximum absolute atomic E-state index is 10.2. The zero-order valence-electron chi connectivity index (χ0n) is 23.7. The van der Waals surface area contributed by atoms with Gasteiger partial charge in [-0.05, 0) is 41.5 Å². The molecule has 0 bridgehead atoms. The van der Waals surface area contributed by atoms with Crippen LogP contribution in [0.1, 0.15) is 41.5 Å². The van der Waals surface area contributed by atoms with Gasteiger partial charge < -0.3 is 57.7 Å². The van der Waals surface area contributed by atoms with Crippen LogP contribution in [0.4, 0.5) is 0 Å². The van der Waals surface area contributed by atoms with Gasteiger partial charge in [0.2, 0.25) is 0 Å². The number of carboxylic acids is 2. The SMILES string of the molecule is COCC(C)OCC(C)OCC(C)OCC(=O)[O-].COCC(C)OCC(C)OCC(C)OCC(=O)[O-].[Zn+2]. The molecule has 0 saturated carbocycles. The fourth-order valence-corrected chi connectivity index (χ4v) is 2.38. The Morgan fingerprint density at radius 1 is 0.486 bits per heavy atom. The predicted octanol–water partition coefficient (Wildman–Crippen LogP) is -0.806. The standard InChI is InChI=1S/2C12H24O6.Zn/c2*1-9(5-15-4)16-6-10(2)17-7-11(3)18-8-12(13)14;/h2*9-11H,5-8H2,1-4H3,(H,13,14);/q;;+2/p-2. The van der Waals surface area contributed by atoms with Crippen LogP contribution in [0.15, 0.2) is 0 Å². The molecule has 0 aromatic carbocycles. The van der Waals surface area contributed by atoms with Gasteiger partial charge in [-0.2, -0.15) is 0 Å². The summed E-state index contributed by atoms with van der Waals surface area (Å²) in [5.74, 6) is -2.46. The molecule has 0 amide bonds. The number of methoxy groups -OCH3 is 2. The summed E-state index contributed by atoms with van der Waals surface area (Å²) in [4.78, 5) is 20.3. The van der Waals surface area contributed by atoms with Gasteiger partial charge in [0.15, 0.2) is 0 Å². The van der Waals surface area contributed by atoms with Gasteiger partial charge in [0.25, 0.3) is 0 Å². The molecule has 0 radical (unpaired) electrons. The summed E-state index contributed by atoms with van der Waals surface area (Å²) in [7, 11) is 3.24. The number of hydrogen-bond donors (Lipinski definition) is 0. The van der Waals surface area contributed by atoms with E-state index in [0.717, 1.165) is 0 Å². The summed E-state index contributed by atoms with van der Waals surface area (Å²) in [6, 6.07) is 0. The molecule has 0 aliphatic carbocycles. The molecule has 6 unspecified atom stereocenters. The maximum atomic E-state index is 10.2. The molecule has 0 aliphatic rings. The van der Waals surface area contributed by atoms with Crippen LogP contribution in [0.5, 0.6) is 0 Å². The summed E-state index contributed by atoms with van der Waals surface area (Å²) in [5.41, 5.74) is 0. The third-order valence-electron chi connectivity index (χ3n) is 4.24. The zero-order chi connectivity index (χ0) is 27.9. The Balaban J connectivity index is -0.000000608. The van der Waals surface area contributed by atoms with Gasteiger partial charge in [-0.15, -0.1) is 0 Å². The Bertz CT molecular complexity index is 494. The van der Waals surface area contributed by atoms with Gasteiger partial charge in [-0.25, -0.2) is 0 Å². The number of aliphatic carboxylic acids is 2. The summed E-state index contributed by atoms with van der Waals surface area (Å²) < 4.78 is 41.7. The molecule has 0 rings (SSSR count). The first-order valence-corrected chi connectivity index (χ1v) is 12.0. The van der Waals surface area contributed by atoms with Crippen LogP contribution in [0.2, 0.25) is 0 Å². The summed E-state index contributed by atoms with van der Waals surface area (Å²) in [6.45, 7) is 12.9. The van der Waals surface area contributed by atoms with Gasteiger partial charge >= 0.3 is 19.5 Å². The molecular weight excluding hydrogens is 546 g/mol. The van der Waals surface area contributed by atoms with Crippen molar-refractivity contribution in [2.75, 3.05) is 67.1 Å². The third-order valence-corrected chi connectivity index (χ3v) is 4.24. The van der Waals surface area contributed by atoms with E-state index in [9.17, 15) is 19.8 Å². The Labute approximate surface area is 234 Å². The van der Waals surface area contributed by atoms with Crippen LogP contribution in [0.3, 0.4) is 0 Å². The Morgan fingerprint density at radius 2 is 0.703 bits per heavy atom. The van der Waals surface area contributed by atoms with Crippen LogP contribution in [0.25, 0.3) is 0 Å². The second kappa shape index (κ2) is 26.8. The molecule has 37 heavy (non-hydrogen) atoms. The average Bonchev–Trinajstić information content (AvgIpc) is 2.81. The molecule has 0 heterocycles. The monoisotopic (exact) mass is 590 g/mol. The van der Waals surface area contributed by atoms with E-state index in [1.165, 1.54) is 0 Å². The minimum absolute atomic E-state index is 0. The molecule has 13 heteroatoms. The summed E-state index contributed by atoms with van der Waals surface area (Å²) >= 11 is 0. The van der Waals surface area contributed by atoms with Crippen molar-refractivity contribution in [2.45, 2.75) is 78.2 Å². The second-order valence-electron chi connectivity index (χ2n) is 8.47. The fourth-order valence-electron chi connectivity index (χ4n) is 2.38. The topological polar surface area (TPSA) is 154 Å². The predicted molar refractivity (Wildman–Crippen MR) is 126 cm³/mol. The molecule has 0 spiro atoms. The van der Waals surface area contributed by atoms with Crippen molar-refractivity contribution in [1.82, 2.24) is 0 Å². The van der Waals surface area contributed by atoms with Crippen LogP contribution in [0, 0.1) is 0 Å². The van der Waals surface area contributed by atoms with Gasteiger partial charge in [0.1, 0.15) is 0 Å². The minimum Gasteiger partial charge on any atom is -0.548 e. The fraction of sp³-hybridized carbons (Fsp3) is 0.917. The van der Waals surface area contributed by atoms with Crippen molar-refractivity contribution in [3.8, 4) is 0 Å². The normalized spacial score (nSPS) is 15.8. The smallest absolute Gasteiger partial charge is 0.548 e. The molecule has 0 aromatic heterocycles. The van der Waals surface area contributed by atoms with Crippen molar-refractivity contribution in [2.24, 2.45) is 0 Å². The first-order valence-electron chi connectivity index (χ1n) is 12.0. The van der Waals surface area contributed by atoms with Crippen molar-refractivity contribution >= 4 is 11.9 Å². The molecule has 0 aliphatic heterocycles. The number of hydrogen-bond acceptors (Lipinski definition) is 12. The molecule has 0 aromatic rings. The Hall–Kier alpha value is -0.757.